The van der Waals surface area contributed by atoms with Crippen LogP contribution >= 0.6 is 31.9 Å². The second kappa shape index (κ2) is 5.82. The maximum Gasteiger partial charge on any atom is 0.265 e. The van der Waals surface area contributed by atoms with Crippen molar-refractivity contribution in [2.24, 2.45) is 0 Å². The molecule has 2 aromatic rings. The molecule has 3 rings (SSSR count). The maximum atomic E-state index is 12.2. The molecule has 110 valence electrons. The Hall–Kier alpha value is -1.31. The molecule has 0 spiro atoms. The third kappa shape index (κ3) is 3.00. The Morgan fingerprint density at radius 2 is 2.10 bits per heavy atom. The van der Waals surface area contributed by atoms with Crippen LogP contribution in [-0.2, 0) is 17.9 Å². The van der Waals surface area contributed by atoms with Gasteiger partial charge < -0.3 is 19.8 Å². The molecular formula is C14H12Br2N2O3. The van der Waals surface area contributed by atoms with Crippen LogP contribution in [0, 0.1) is 0 Å². The number of hydrogen-bond donors (Lipinski definition) is 1. The zero-order valence-corrected chi connectivity index (χ0v) is 14.1. The van der Waals surface area contributed by atoms with E-state index in [9.17, 15) is 4.79 Å². The first-order valence-corrected chi connectivity index (χ1v) is 7.80. The molecule has 21 heavy (non-hydrogen) atoms. The molecule has 1 aromatic carbocycles. The summed E-state index contributed by atoms with van der Waals surface area (Å²) in [6, 6.07) is 5.38. The first-order chi connectivity index (χ1) is 10.0. The van der Waals surface area contributed by atoms with Gasteiger partial charge in [0.2, 0.25) is 0 Å². The number of halogens is 2. The lowest BCUT2D eigenvalue weighted by Crippen LogP contribution is -2.22. The Kier molecular flexibility index (Phi) is 4.05. The van der Waals surface area contributed by atoms with Crippen LogP contribution in [0.3, 0.4) is 0 Å². The summed E-state index contributed by atoms with van der Waals surface area (Å²) in [5, 5.41) is 0. The summed E-state index contributed by atoms with van der Waals surface area (Å²) in [6.45, 7) is 1.05. The molecule has 0 unspecified atom stereocenters. The van der Waals surface area contributed by atoms with Gasteiger partial charge in [-0.05, 0) is 50.1 Å². The number of benzene rings is 1. The minimum atomic E-state index is -0.110. The molecular weight excluding hydrogens is 404 g/mol. The van der Waals surface area contributed by atoms with E-state index in [4.69, 9.17) is 15.2 Å². The molecule has 0 saturated carbocycles. The lowest BCUT2D eigenvalue weighted by Gasteiger charge is -2.21. The van der Waals surface area contributed by atoms with Gasteiger partial charge in [-0.2, -0.15) is 0 Å². The Morgan fingerprint density at radius 1 is 1.29 bits per heavy atom. The number of hydrogen-bond acceptors (Lipinski definition) is 4. The molecule has 1 aliphatic heterocycles. The van der Waals surface area contributed by atoms with E-state index in [0.717, 1.165) is 21.3 Å². The molecule has 2 heterocycles. The summed E-state index contributed by atoms with van der Waals surface area (Å²) in [7, 11) is 0. The van der Waals surface area contributed by atoms with Crippen LogP contribution in [0.15, 0.2) is 38.1 Å². The maximum absolute atomic E-state index is 12.2. The number of fused-ring (bicyclic) bond motifs is 1. The molecule has 5 nitrogen and oxygen atoms in total. The van der Waals surface area contributed by atoms with Crippen molar-refractivity contribution in [1.82, 2.24) is 4.57 Å². The van der Waals surface area contributed by atoms with E-state index in [1.54, 1.807) is 16.8 Å². The van der Waals surface area contributed by atoms with Crippen LogP contribution < -0.4 is 16.0 Å². The smallest absolute Gasteiger partial charge is 0.265 e. The number of aromatic nitrogens is 1. The van der Waals surface area contributed by atoms with Crippen molar-refractivity contribution in [2.75, 3.05) is 12.5 Å². The first-order valence-electron chi connectivity index (χ1n) is 6.22. The van der Waals surface area contributed by atoms with Gasteiger partial charge in [0.15, 0.2) is 6.79 Å². The van der Waals surface area contributed by atoms with E-state index < -0.39 is 0 Å². The van der Waals surface area contributed by atoms with Gasteiger partial charge in [-0.3, -0.25) is 4.79 Å². The Morgan fingerprint density at radius 3 is 2.90 bits per heavy atom. The summed E-state index contributed by atoms with van der Waals surface area (Å²) < 4.78 is 13.7. The first kappa shape index (κ1) is 14.6. The van der Waals surface area contributed by atoms with E-state index in [-0.39, 0.29) is 12.4 Å². The molecule has 1 aromatic heterocycles. The van der Waals surface area contributed by atoms with E-state index in [2.05, 4.69) is 31.9 Å². The number of nitrogen functional groups attached to an aromatic ring is 1. The van der Waals surface area contributed by atoms with Crippen LogP contribution in [0.4, 0.5) is 5.69 Å². The number of anilines is 1. The normalized spacial score (nSPS) is 13.6. The Bertz CT molecular complexity index is 759. The molecule has 0 atom stereocenters. The fourth-order valence-electron chi connectivity index (χ4n) is 2.31. The van der Waals surface area contributed by atoms with E-state index >= 15 is 0 Å². The van der Waals surface area contributed by atoms with Crippen LogP contribution in [0.25, 0.3) is 0 Å². The highest BCUT2D eigenvalue weighted by Crippen LogP contribution is 2.31. The Labute approximate surface area is 137 Å². The number of pyridine rings is 1. The molecule has 2 N–H and O–H groups in total. The van der Waals surface area contributed by atoms with Gasteiger partial charge in [0.25, 0.3) is 5.56 Å². The molecule has 0 bridgehead atoms. The average Bonchev–Trinajstić information content (AvgIpc) is 2.44. The predicted octanol–water partition coefficient (Wildman–Crippen LogP) is 2.87. The van der Waals surface area contributed by atoms with E-state index in [1.807, 2.05) is 12.1 Å². The summed E-state index contributed by atoms with van der Waals surface area (Å²) in [5.74, 6) is 0.749. The average molecular weight is 416 g/mol. The van der Waals surface area contributed by atoms with Gasteiger partial charge in [0.05, 0.1) is 17.6 Å². The molecule has 0 amide bonds. The van der Waals surface area contributed by atoms with Crippen LogP contribution in [0.2, 0.25) is 0 Å². The van der Waals surface area contributed by atoms with Gasteiger partial charge in [0.1, 0.15) is 5.75 Å². The molecule has 1 aliphatic rings. The second-order valence-electron chi connectivity index (χ2n) is 4.72. The van der Waals surface area contributed by atoms with E-state index in [1.165, 1.54) is 0 Å². The van der Waals surface area contributed by atoms with Crippen LogP contribution in [0.1, 0.15) is 11.1 Å². The van der Waals surface area contributed by atoms with Gasteiger partial charge in [0, 0.05) is 27.5 Å². The number of nitrogens with two attached hydrogens (primary N) is 1. The van der Waals surface area contributed by atoms with Gasteiger partial charge in [-0.1, -0.05) is 0 Å². The lowest BCUT2D eigenvalue weighted by molar-refractivity contribution is -0.0170. The fourth-order valence-corrected chi connectivity index (χ4v) is 3.57. The third-order valence-corrected chi connectivity index (χ3v) is 4.16. The van der Waals surface area contributed by atoms with Crippen molar-refractivity contribution in [3.05, 3.63) is 54.8 Å². The highest BCUT2D eigenvalue weighted by Gasteiger charge is 2.17. The molecule has 0 saturated heterocycles. The van der Waals surface area contributed by atoms with Gasteiger partial charge in [-0.25, -0.2) is 0 Å². The highest BCUT2D eigenvalue weighted by atomic mass is 79.9. The fraction of sp³-hybridized carbons (Fsp3) is 0.214. The van der Waals surface area contributed by atoms with Crippen molar-refractivity contribution in [2.45, 2.75) is 13.2 Å². The summed E-state index contributed by atoms with van der Waals surface area (Å²) in [5.41, 5.74) is 8.20. The second-order valence-corrected chi connectivity index (χ2v) is 6.49. The number of nitrogens with zero attached hydrogens (tertiary/aromatic N) is 1. The number of ether oxygens (including phenoxy) is 2. The minimum absolute atomic E-state index is 0.110. The van der Waals surface area contributed by atoms with Crippen molar-refractivity contribution in [1.29, 1.82) is 0 Å². The quantitative estimate of drug-likeness (QED) is 0.766. The van der Waals surface area contributed by atoms with Crippen molar-refractivity contribution < 1.29 is 9.47 Å². The van der Waals surface area contributed by atoms with E-state index in [0.29, 0.717) is 23.3 Å². The largest absolute Gasteiger partial charge is 0.467 e. The van der Waals surface area contributed by atoms with Crippen LogP contribution in [-0.4, -0.2) is 11.4 Å². The van der Waals surface area contributed by atoms with Gasteiger partial charge >= 0.3 is 0 Å². The number of rotatable bonds is 2. The monoisotopic (exact) mass is 414 g/mol. The summed E-state index contributed by atoms with van der Waals surface area (Å²) in [4.78, 5) is 12.2. The minimum Gasteiger partial charge on any atom is -0.467 e. The summed E-state index contributed by atoms with van der Waals surface area (Å²) >= 11 is 6.64. The lowest BCUT2D eigenvalue weighted by atomic mass is 10.1. The van der Waals surface area contributed by atoms with Crippen LogP contribution in [0.5, 0.6) is 5.75 Å². The zero-order chi connectivity index (χ0) is 15.0. The zero-order valence-electron chi connectivity index (χ0n) is 10.9. The SMILES string of the molecule is Nc1cc2c(c(Cn3cc(Br)cc(Br)c3=O)c1)OCOC2. The third-order valence-electron chi connectivity index (χ3n) is 3.16. The standard InChI is InChI=1S/C14H12Br2N2O3/c15-10-3-12(16)14(19)18(5-10)4-8-1-11(17)2-9-6-20-7-21-13(8)9/h1-3,5H,4,6-7,17H2. The molecule has 0 aliphatic carbocycles. The topological polar surface area (TPSA) is 66.5 Å². The molecule has 0 radical (unpaired) electrons. The summed E-state index contributed by atoms with van der Waals surface area (Å²) in [6.07, 6.45) is 1.74. The van der Waals surface area contributed by atoms with Crippen molar-refractivity contribution >= 4 is 37.5 Å². The Balaban J connectivity index is 2.06. The van der Waals surface area contributed by atoms with Crippen molar-refractivity contribution in [3.8, 4) is 5.75 Å². The highest BCUT2D eigenvalue weighted by molar-refractivity contribution is 9.11. The predicted molar refractivity (Wildman–Crippen MR) is 86.3 cm³/mol. The molecule has 0 fully saturated rings. The molecule has 7 heteroatoms. The van der Waals surface area contributed by atoms with Gasteiger partial charge in [-0.15, -0.1) is 0 Å². The van der Waals surface area contributed by atoms with Crippen molar-refractivity contribution in [3.63, 3.8) is 0 Å².